The molecule has 4 aromatic heterocycles. The number of aryl methyl sites for hydroxylation is 2. The molecule has 0 amide bonds. The molecule has 0 aliphatic heterocycles. The second-order valence-corrected chi connectivity index (χ2v) is 6.13. The Morgan fingerprint density at radius 1 is 1.17 bits per heavy atom. The molecule has 24 heavy (non-hydrogen) atoms. The van der Waals surface area contributed by atoms with Gasteiger partial charge in [-0.25, -0.2) is 19.7 Å². The van der Waals surface area contributed by atoms with E-state index in [1.54, 1.807) is 0 Å². The first-order valence-electron chi connectivity index (χ1n) is 7.10. The first kappa shape index (κ1) is 13.5. The highest BCUT2D eigenvalue weighted by atomic mass is 79.9. The predicted octanol–water partition coefficient (Wildman–Crippen LogP) is 1.64. The Kier molecular flexibility index (Phi) is 2.82. The van der Waals surface area contributed by atoms with Gasteiger partial charge in [-0.2, -0.15) is 0 Å². The topological polar surface area (TPSA) is 124 Å². The van der Waals surface area contributed by atoms with Crippen LogP contribution >= 0.6 is 15.9 Å². The summed E-state index contributed by atoms with van der Waals surface area (Å²) in [6.45, 7) is 0.643. The van der Waals surface area contributed by atoms with Gasteiger partial charge in [-0.3, -0.25) is 0 Å². The molecule has 0 unspecified atom stereocenters. The first-order chi connectivity index (χ1) is 11.8. The summed E-state index contributed by atoms with van der Waals surface area (Å²) >= 11 is 3.50. The summed E-state index contributed by atoms with van der Waals surface area (Å²) in [5.41, 5.74) is 3.27. The van der Waals surface area contributed by atoms with Crippen LogP contribution in [0.5, 0.6) is 0 Å². The molecule has 1 N–H and O–H groups in total. The van der Waals surface area contributed by atoms with E-state index in [0.717, 1.165) is 26.5 Å². The maximum Gasteiger partial charge on any atom is 0.245 e. The number of aromatic amines is 1. The fraction of sp³-hybridized carbons (Fsp3) is 0.154. The Bertz CT molecular complexity index is 1180. The van der Waals surface area contributed by atoms with Crippen molar-refractivity contribution in [2.24, 2.45) is 0 Å². The van der Waals surface area contributed by atoms with Crippen LogP contribution < -0.4 is 0 Å². The zero-order valence-corrected chi connectivity index (χ0v) is 13.6. The molecule has 0 spiro atoms. The normalized spacial score (nSPS) is 11.9. The lowest BCUT2D eigenvalue weighted by molar-refractivity contribution is 0.314. The molecule has 11 heteroatoms. The van der Waals surface area contributed by atoms with E-state index in [1.165, 1.54) is 0 Å². The first-order valence-corrected chi connectivity index (χ1v) is 7.89. The number of hydrogen-bond donors (Lipinski definition) is 1. The molecular weight excluding hydrogens is 378 g/mol. The number of fused-ring (bicyclic) bond motifs is 4. The largest absolute Gasteiger partial charge is 0.323 e. The highest BCUT2D eigenvalue weighted by molar-refractivity contribution is 9.10. The van der Waals surface area contributed by atoms with Crippen LogP contribution in [-0.4, -0.2) is 45.5 Å². The van der Waals surface area contributed by atoms with Gasteiger partial charge in [-0.15, -0.1) is 5.10 Å². The maximum atomic E-state index is 4.73. The molecule has 10 nitrogen and oxygen atoms in total. The van der Waals surface area contributed by atoms with Gasteiger partial charge < -0.3 is 4.57 Å². The van der Waals surface area contributed by atoms with E-state index in [1.807, 2.05) is 18.2 Å². The van der Waals surface area contributed by atoms with Gasteiger partial charge in [0, 0.05) is 22.8 Å². The lowest BCUT2D eigenvalue weighted by Crippen LogP contribution is -2.04. The Balaban J connectivity index is 1.77. The summed E-state index contributed by atoms with van der Waals surface area (Å²) in [5, 5.41) is 22.4. The second kappa shape index (κ2) is 5.03. The van der Waals surface area contributed by atoms with E-state index in [4.69, 9.17) is 4.63 Å². The minimum atomic E-state index is 0.381. The Morgan fingerprint density at radius 3 is 2.88 bits per heavy atom. The zero-order chi connectivity index (χ0) is 16.1. The van der Waals surface area contributed by atoms with Crippen LogP contribution in [0.25, 0.3) is 33.4 Å². The van der Waals surface area contributed by atoms with Crippen molar-refractivity contribution in [1.29, 1.82) is 0 Å². The Morgan fingerprint density at radius 2 is 2.04 bits per heavy atom. The van der Waals surface area contributed by atoms with Crippen LogP contribution in [0.15, 0.2) is 27.3 Å². The Labute approximate surface area is 141 Å². The number of halogens is 1. The SMILES string of the molecule is Brc1ccc2c(c1)c1nc3nonc3nc1n2CCc1nnn[nH]1. The Hall–Kier alpha value is -2.95. The molecule has 0 atom stereocenters. The molecule has 0 aliphatic carbocycles. The van der Waals surface area contributed by atoms with E-state index in [9.17, 15) is 0 Å². The number of hydrogen-bond acceptors (Lipinski definition) is 8. The summed E-state index contributed by atoms with van der Waals surface area (Å²) in [5.74, 6) is 0.708. The molecule has 0 saturated heterocycles. The third kappa shape index (κ3) is 1.98. The van der Waals surface area contributed by atoms with Gasteiger partial charge in [0.05, 0.1) is 5.52 Å². The van der Waals surface area contributed by atoms with Crippen molar-refractivity contribution in [2.75, 3.05) is 0 Å². The van der Waals surface area contributed by atoms with Crippen LogP contribution in [0.4, 0.5) is 0 Å². The van der Waals surface area contributed by atoms with Gasteiger partial charge in [0.25, 0.3) is 0 Å². The molecule has 5 aromatic rings. The van der Waals surface area contributed by atoms with Crippen molar-refractivity contribution >= 4 is 49.3 Å². The maximum absolute atomic E-state index is 4.73. The fourth-order valence-electron chi connectivity index (χ4n) is 2.77. The molecule has 0 bridgehead atoms. The molecule has 5 rings (SSSR count). The van der Waals surface area contributed by atoms with Crippen molar-refractivity contribution in [3.05, 3.63) is 28.5 Å². The molecule has 4 heterocycles. The highest BCUT2D eigenvalue weighted by Crippen LogP contribution is 2.30. The number of nitrogens with zero attached hydrogens (tertiary/aromatic N) is 8. The van der Waals surface area contributed by atoms with Crippen LogP contribution in [-0.2, 0) is 13.0 Å². The van der Waals surface area contributed by atoms with Gasteiger partial charge in [-0.05, 0) is 38.9 Å². The number of nitrogens with one attached hydrogen (secondary N) is 1. The van der Waals surface area contributed by atoms with Crippen molar-refractivity contribution < 1.29 is 4.63 Å². The molecule has 0 saturated carbocycles. The fourth-order valence-corrected chi connectivity index (χ4v) is 3.14. The lowest BCUT2D eigenvalue weighted by atomic mass is 10.2. The van der Waals surface area contributed by atoms with E-state index < -0.39 is 0 Å². The summed E-state index contributed by atoms with van der Waals surface area (Å²) in [6, 6.07) is 6.02. The van der Waals surface area contributed by atoms with Crippen LogP contribution in [0.3, 0.4) is 0 Å². The molecule has 0 radical (unpaired) electrons. The number of tetrazole rings is 1. The third-order valence-corrected chi connectivity index (χ3v) is 4.31. The summed E-state index contributed by atoms with van der Waals surface area (Å²) in [4.78, 5) is 9.11. The van der Waals surface area contributed by atoms with Gasteiger partial charge in [-0.1, -0.05) is 15.9 Å². The van der Waals surface area contributed by atoms with Crippen LogP contribution in [0.2, 0.25) is 0 Å². The number of aromatic nitrogens is 9. The number of H-pyrrole nitrogens is 1. The van der Waals surface area contributed by atoms with Crippen molar-refractivity contribution in [1.82, 2.24) is 45.5 Å². The zero-order valence-electron chi connectivity index (χ0n) is 12.0. The second-order valence-electron chi connectivity index (χ2n) is 5.22. The van der Waals surface area contributed by atoms with Crippen molar-refractivity contribution in [3.63, 3.8) is 0 Å². The van der Waals surface area contributed by atoms with E-state index in [2.05, 4.69) is 61.4 Å². The molecule has 0 fully saturated rings. The minimum Gasteiger partial charge on any atom is -0.323 e. The van der Waals surface area contributed by atoms with E-state index >= 15 is 0 Å². The van der Waals surface area contributed by atoms with Crippen molar-refractivity contribution in [3.8, 4) is 0 Å². The average molecular weight is 386 g/mol. The quantitative estimate of drug-likeness (QED) is 0.496. The van der Waals surface area contributed by atoms with Crippen molar-refractivity contribution in [2.45, 2.75) is 13.0 Å². The van der Waals surface area contributed by atoms with Gasteiger partial charge in [0.2, 0.25) is 11.3 Å². The average Bonchev–Trinajstić information content (AvgIpc) is 3.30. The summed E-state index contributed by atoms with van der Waals surface area (Å²) in [6.07, 6.45) is 0.638. The lowest BCUT2D eigenvalue weighted by Gasteiger charge is -2.04. The number of benzene rings is 1. The van der Waals surface area contributed by atoms with Gasteiger partial charge in [0.15, 0.2) is 5.65 Å². The molecule has 0 aliphatic rings. The van der Waals surface area contributed by atoms with Crippen LogP contribution in [0.1, 0.15) is 5.82 Å². The standard InChI is InChI=1S/C13H8BrN9O/c14-6-1-2-8-7(5-6)10-13(16-12-11(15-10)19-24-20-12)23(8)4-3-9-17-21-22-18-9/h1-2,5H,3-4H2,(H,17,18,21,22). The molecule has 118 valence electrons. The van der Waals surface area contributed by atoms with E-state index in [0.29, 0.717) is 30.1 Å². The summed E-state index contributed by atoms with van der Waals surface area (Å²) in [7, 11) is 0. The van der Waals surface area contributed by atoms with Crippen LogP contribution in [0, 0.1) is 0 Å². The molecule has 1 aromatic carbocycles. The number of rotatable bonds is 3. The predicted molar refractivity (Wildman–Crippen MR) is 86.0 cm³/mol. The smallest absolute Gasteiger partial charge is 0.245 e. The van der Waals surface area contributed by atoms with E-state index in [-0.39, 0.29) is 0 Å². The third-order valence-electron chi connectivity index (χ3n) is 3.82. The minimum absolute atomic E-state index is 0.381. The summed E-state index contributed by atoms with van der Waals surface area (Å²) < 4.78 is 7.76. The highest BCUT2D eigenvalue weighted by Gasteiger charge is 2.17. The molecular formula is C13H8BrN9O. The van der Waals surface area contributed by atoms with Gasteiger partial charge >= 0.3 is 0 Å². The monoisotopic (exact) mass is 385 g/mol. The van der Waals surface area contributed by atoms with Gasteiger partial charge in [0.1, 0.15) is 11.3 Å².